The zero-order valence-corrected chi connectivity index (χ0v) is 11.6. The van der Waals surface area contributed by atoms with Crippen molar-refractivity contribution in [3.05, 3.63) is 0 Å². The lowest BCUT2D eigenvalue weighted by molar-refractivity contribution is -0.175. The second-order valence-electron chi connectivity index (χ2n) is 5.59. The average Bonchev–Trinajstić information content (AvgIpc) is 2.28. The minimum Gasteiger partial charge on any atom is -0.381 e. The Hall–Kier alpha value is -0.710. The van der Waals surface area contributed by atoms with Gasteiger partial charge in [-0.15, -0.1) is 0 Å². The molecule has 1 saturated heterocycles. The largest absolute Gasteiger partial charge is 0.381 e. The van der Waals surface area contributed by atoms with Crippen LogP contribution in [0.2, 0.25) is 0 Å². The van der Waals surface area contributed by atoms with Gasteiger partial charge in [-0.25, -0.2) is 8.78 Å². The minimum absolute atomic E-state index is 0.0765. The van der Waals surface area contributed by atoms with Crippen LogP contribution >= 0.6 is 0 Å². The van der Waals surface area contributed by atoms with Crippen molar-refractivity contribution in [3.8, 4) is 0 Å². The van der Waals surface area contributed by atoms with Crippen LogP contribution in [0.15, 0.2) is 0 Å². The summed E-state index contributed by atoms with van der Waals surface area (Å²) in [5.41, 5.74) is -1.62. The molecule has 0 aromatic rings. The van der Waals surface area contributed by atoms with Crippen LogP contribution in [-0.4, -0.2) is 31.1 Å². The maximum atomic E-state index is 13.8. The Bertz CT molecular complexity index is 294. The molecule has 18 heavy (non-hydrogen) atoms. The van der Waals surface area contributed by atoms with E-state index in [4.69, 9.17) is 4.74 Å². The van der Waals surface area contributed by atoms with Crippen molar-refractivity contribution in [2.45, 2.75) is 52.5 Å². The molecule has 1 amide bonds. The fraction of sp³-hybridized carbons (Fsp3) is 0.923. The van der Waals surface area contributed by atoms with Gasteiger partial charge in [-0.3, -0.25) is 4.79 Å². The normalized spacial score (nSPS) is 21.7. The number of amides is 1. The molecular formula is C13H23F2NO2. The summed E-state index contributed by atoms with van der Waals surface area (Å²) in [6.07, 6.45) is 0.153. The van der Waals surface area contributed by atoms with Crippen molar-refractivity contribution < 1.29 is 18.3 Å². The van der Waals surface area contributed by atoms with Crippen LogP contribution in [0.5, 0.6) is 0 Å². The molecule has 106 valence electrons. The van der Waals surface area contributed by atoms with Crippen molar-refractivity contribution in [3.63, 3.8) is 0 Å². The molecule has 0 aliphatic carbocycles. The number of halogens is 2. The van der Waals surface area contributed by atoms with E-state index in [1.165, 1.54) is 0 Å². The smallest absolute Gasteiger partial charge is 0.259 e. The van der Waals surface area contributed by atoms with E-state index in [1.807, 2.05) is 20.8 Å². The van der Waals surface area contributed by atoms with Gasteiger partial charge in [0.15, 0.2) is 0 Å². The Morgan fingerprint density at radius 1 is 1.28 bits per heavy atom. The molecule has 0 aromatic heterocycles. The summed E-state index contributed by atoms with van der Waals surface area (Å²) in [4.78, 5) is 12.2. The minimum atomic E-state index is -3.03. The highest BCUT2D eigenvalue weighted by Gasteiger charge is 2.56. The first-order valence-corrected chi connectivity index (χ1v) is 6.47. The molecule has 0 unspecified atom stereocenters. The van der Waals surface area contributed by atoms with Gasteiger partial charge < -0.3 is 10.1 Å². The van der Waals surface area contributed by atoms with Gasteiger partial charge in [-0.1, -0.05) is 13.8 Å². The first-order valence-electron chi connectivity index (χ1n) is 6.47. The Morgan fingerprint density at radius 2 is 1.78 bits per heavy atom. The van der Waals surface area contributed by atoms with Crippen LogP contribution in [0.25, 0.3) is 0 Å². The summed E-state index contributed by atoms with van der Waals surface area (Å²) in [6, 6.07) is -0.112. The van der Waals surface area contributed by atoms with Gasteiger partial charge in [0.2, 0.25) is 5.91 Å². The van der Waals surface area contributed by atoms with E-state index in [9.17, 15) is 13.6 Å². The number of carbonyl (C=O) groups excluding carboxylic acids is 1. The lowest BCUT2D eigenvalue weighted by atomic mass is 9.74. The van der Waals surface area contributed by atoms with Crippen LogP contribution in [0.4, 0.5) is 8.78 Å². The number of hydrogen-bond acceptors (Lipinski definition) is 2. The molecule has 5 heteroatoms. The van der Waals surface area contributed by atoms with Crippen molar-refractivity contribution in [1.82, 2.24) is 5.32 Å². The summed E-state index contributed by atoms with van der Waals surface area (Å²) in [5, 5.41) is 2.72. The summed E-state index contributed by atoms with van der Waals surface area (Å²) in [7, 11) is 0. The Kier molecular flexibility index (Phi) is 4.70. The van der Waals surface area contributed by atoms with Crippen LogP contribution in [0.1, 0.15) is 40.5 Å². The summed E-state index contributed by atoms with van der Waals surface area (Å²) in [5.74, 6) is -3.35. The van der Waals surface area contributed by atoms with Crippen molar-refractivity contribution >= 4 is 5.91 Å². The van der Waals surface area contributed by atoms with Crippen molar-refractivity contribution in [1.29, 1.82) is 0 Å². The number of carbonyl (C=O) groups is 1. The molecule has 1 aliphatic rings. The average molecular weight is 263 g/mol. The molecule has 0 aromatic carbocycles. The van der Waals surface area contributed by atoms with E-state index in [2.05, 4.69) is 5.32 Å². The third-order valence-electron chi connectivity index (χ3n) is 3.98. The van der Waals surface area contributed by atoms with Crippen LogP contribution in [-0.2, 0) is 9.53 Å². The first kappa shape index (κ1) is 15.3. The molecule has 1 N–H and O–H groups in total. The monoisotopic (exact) mass is 263 g/mol. The fourth-order valence-electron chi connectivity index (χ4n) is 2.10. The van der Waals surface area contributed by atoms with Crippen LogP contribution in [0.3, 0.4) is 0 Å². The maximum Gasteiger partial charge on any atom is 0.259 e. The lowest BCUT2D eigenvalue weighted by Gasteiger charge is -2.40. The predicted molar refractivity (Wildman–Crippen MR) is 65.5 cm³/mol. The fourth-order valence-corrected chi connectivity index (χ4v) is 2.10. The second kappa shape index (κ2) is 5.51. The molecule has 0 saturated carbocycles. The Balaban J connectivity index is 2.87. The van der Waals surface area contributed by atoms with Gasteiger partial charge in [-0.05, 0) is 25.7 Å². The van der Waals surface area contributed by atoms with Crippen LogP contribution in [0, 0.1) is 11.3 Å². The highest BCUT2D eigenvalue weighted by Crippen LogP contribution is 2.44. The molecule has 0 bridgehead atoms. The molecule has 1 heterocycles. The zero-order valence-electron chi connectivity index (χ0n) is 11.6. The Labute approximate surface area is 107 Å². The van der Waals surface area contributed by atoms with Gasteiger partial charge in [0.05, 0.1) is 0 Å². The molecule has 0 spiro atoms. The van der Waals surface area contributed by atoms with E-state index < -0.39 is 17.2 Å². The van der Waals surface area contributed by atoms with Gasteiger partial charge in [-0.2, -0.15) is 0 Å². The zero-order chi connectivity index (χ0) is 14.0. The third-order valence-corrected chi connectivity index (χ3v) is 3.98. The molecule has 1 rings (SSSR count). The Morgan fingerprint density at radius 3 is 2.17 bits per heavy atom. The number of rotatable bonds is 4. The van der Waals surface area contributed by atoms with Crippen molar-refractivity contribution in [2.24, 2.45) is 11.3 Å². The maximum absolute atomic E-state index is 13.8. The molecule has 1 fully saturated rings. The highest BCUT2D eigenvalue weighted by atomic mass is 19.3. The number of alkyl halides is 2. The number of hydrogen-bond donors (Lipinski definition) is 1. The first-order chi connectivity index (χ1) is 8.21. The quantitative estimate of drug-likeness (QED) is 0.846. The van der Waals surface area contributed by atoms with Crippen LogP contribution < -0.4 is 5.32 Å². The second-order valence-corrected chi connectivity index (χ2v) is 5.59. The standard InChI is InChI=1S/C13H23F2NO2/c1-9(2)10(3)16-11(17)13(12(4,14)15)5-7-18-8-6-13/h9-10H,5-8H2,1-4H3,(H,16,17)/t10-/m1/s1. The third kappa shape index (κ3) is 2.99. The summed E-state index contributed by atoms with van der Waals surface area (Å²) >= 11 is 0. The van der Waals surface area contributed by atoms with Crippen molar-refractivity contribution in [2.75, 3.05) is 13.2 Å². The number of ether oxygens (including phenoxy) is 1. The number of nitrogens with one attached hydrogen (secondary N) is 1. The molecule has 1 atom stereocenters. The summed E-state index contributed by atoms with van der Waals surface area (Å²) < 4.78 is 32.8. The molecule has 0 radical (unpaired) electrons. The van der Waals surface area contributed by atoms with E-state index in [0.29, 0.717) is 0 Å². The van der Waals surface area contributed by atoms with E-state index >= 15 is 0 Å². The lowest BCUT2D eigenvalue weighted by Crippen LogP contribution is -2.56. The molecule has 1 aliphatic heterocycles. The summed E-state index contributed by atoms with van der Waals surface area (Å²) in [6.45, 7) is 7.00. The van der Waals surface area contributed by atoms with Gasteiger partial charge in [0, 0.05) is 26.2 Å². The molecule has 3 nitrogen and oxygen atoms in total. The predicted octanol–water partition coefficient (Wildman–Crippen LogP) is 2.60. The molecular weight excluding hydrogens is 240 g/mol. The van der Waals surface area contributed by atoms with E-state index in [-0.39, 0.29) is 38.0 Å². The van der Waals surface area contributed by atoms with Gasteiger partial charge >= 0.3 is 0 Å². The highest BCUT2D eigenvalue weighted by molar-refractivity contribution is 5.84. The van der Waals surface area contributed by atoms with Gasteiger partial charge in [0.25, 0.3) is 5.92 Å². The van der Waals surface area contributed by atoms with Gasteiger partial charge in [0.1, 0.15) is 5.41 Å². The van der Waals surface area contributed by atoms with E-state index in [0.717, 1.165) is 6.92 Å². The van der Waals surface area contributed by atoms with E-state index in [1.54, 1.807) is 0 Å². The SMILES string of the molecule is CC(C)[C@@H](C)NC(=O)C1(C(C)(F)F)CCOCC1. The topological polar surface area (TPSA) is 38.3 Å².